The minimum absolute atomic E-state index is 0.0357. The van der Waals surface area contributed by atoms with Gasteiger partial charge in [-0.1, -0.05) is 0 Å². The average Bonchev–Trinajstić information content (AvgIpc) is 2.64. The van der Waals surface area contributed by atoms with Crippen LogP contribution in [0, 0.1) is 5.41 Å². The molecule has 1 fully saturated rings. The van der Waals surface area contributed by atoms with E-state index in [1.54, 1.807) is 11.3 Å². The van der Waals surface area contributed by atoms with E-state index in [0.717, 1.165) is 18.1 Å². The lowest BCUT2D eigenvalue weighted by Crippen LogP contribution is -2.52. The number of thiazole rings is 1. The first kappa shape index (κ1) is 11.0. The fraction of sp³-hybridized carbons (Fsp3) is 0.700. The molecule has 1 aliphatic heterocycles. The van der Waals surface area contributed by atoms with Gasteiger partial charge in [-0.15, -0.1) is 11.3 Å². The molecule has 1 saturated heterocycles. The molecule has 0 bridgehead atoms. The number of aromatic nitrogens is 1. The van der Waals surface area contributed by atoms with Crippen molar-refractivity contribution in [2.24, 2.45) is 5.41 Å². The minimum Gasteiger partial charge on any atom is -0.396 e. The van der Waals surface area contributed by atoms with E-state index in [2.05, 4.69) is 16.9 Å². The summed E-state index contributed by atoms with van der Waals surface area (Å²) >= 11 is 1.66. The van der Waals surface area contributed by atoms with Crippen LogP contribution in [-0.2, 0) is 11.3 Å². The lowest BCUT2D eigenvalue weighted by Gasteiger charge is -2.42. The molecule has 0 unspecified atom stereocenters. The van der Waals surface area contributed by atoms with Gasteiger partial charge >= 0.3 is 0 Å². The first-order chi connectivity index (χ1) is 7.24. The Kier molecular flexibility index (Phi) is 3.35. The Labute approximate surface area is 93.5 Å². The number of hydrogen-bond donors (Lipinski definition) is 1. The summed E-state index contributed by atoms with van der Waals surface area (Å²) in [6.07, 6.45) is 1.82. The van der Waals surface area contributed by atoms with Gasteiger partial charge in [0.1, 0.15) is 5.01 Å². The molecule has 4 nitrogen and oxygen atoms in total. The summed E-state index contributed by atoms with van der Waals surface area (Å²) in [5.41, 5.74) is -0.0357. The van der Waals surface area contributed by atoms with Crippen LogP contribution in [0.5, 0.6) is 0 Å². The number of aliphatic hydroxyl groups excluding tert-OH is 1. The third-order valence-electron chi connectivity index (χ3n) is 2.65. The second-order valence-corrected chi connectivity index (χ2v) is 5.23. The third-order valence-corrected chi connectivity index (χ3v) is 3.41. The average molecular weight is 228 g/mol. The molecule has 84 valence electrons. The number of aliphatic hydroxyl groups is 1. The van der Waals surface area contributed by atoms with E-state index in [9.17, 15) is 5.11 Å². The van der Waals surface area contributed by atoms with Gasteiger partial charge in [-0.3, -0.25) is 4.90 Å². The Balaban J connectivity index is 1.84. The van der Waals surface area contributed by atoms with E-state index in [0.29, 0.717) is 13.2 Å². The van der Waals surface area contributed by atoms with Crippen LogP contribution in [0.1, 0.15) is 5.01 Å². The highest BCUT2D eigenvalue weighted by molar-refractivity contribution is 7.09. The fourth-order valence-electron chi connectivity index (χ4n) is 1.81. The molecular formula is C10H16N2O2S. The third kappa shape index (κ3) is 2.55. The van der Waals surface area contributed by atoms with Crippen LogP contribution in [0.4, 0.5) is 0 Å². The molecule has 0 radical (unpaired) electrons. The number of nitrogens with zero attached hydrogens (tertiary/aromatic N) is 2. The zero-order valence-electron chi connectivity index (χ0n) is 8.85. The zero-order valence-corrected chi connectivity index (χ0v) is 9.66. The summed E-state index contributed by atoms with van der Waals surface area (Å²) < 4.78 is 5.17. The Morgan fingerprint density at radius 1 is 1.67 bits per heavy atom. The SMILES string of the molecule is CN(Cc1nccs1)CC1(CO)COC1. The van der Waals surface area contributed by atoms with E-state index < -0.39 is 0 Å². The largest absolute Gasteiger partial charge is 0.396 e. The molecule has 1 aromatic rings. The van der Waals surface area contributed by atoms with E-state index in [-0.39, 0.29) is 12.0 Å². The van der Waals surface area contributed by atoms with Crippen molar-refractivity contribution >= 4 is 11.3 Å². The van der Waals surface area contributed by atoms with Crippen molar-refractivity contribution in [2.45, 2.75) is 6.54 Å². The molecule has 0 atom stereocenters. The molecule has 1 aliphatic rings. The smallest absolute Gasteiger partial charge is 0.107 e. The van der Waals surface area contributed by atoms with Crippen molar-refractivity contribution in [2.75, 3.05) is 33.4 Å². The molecule has 5 heteroatoms. The normalized spacial score (nSPS) is 19.1. The van der Waals surface area contributed by atoms with Gasteiger partial charge in [0.2, 0.25) is 0 Å². The van der Waals surface area contributed by atoms with Gasteiger partial charge in [0.25, 0.3) is 0 Å². The molecule has 1 aromatic heterocycles. The van der Waals surface area contributed by atoms with Crippen molar-refractivity contribution in [3.05, 3.63) is 16.6 Å². The highest BCUT2D eigenvalue weighted by Gasteiger charge is 2.38. The second kappa shape index (κ2) is 4.57. The zero-order chi connectivity index (χ0) is 10.7. The van der Waals surface area contributed by atoms with Gasteiger partial charge in [0.15, 0.2) is 0 Å². The number of rotatable bonds is 5. The highest BCUT2D eigenvalue weighted by atomic mass is 32.1. The van der Waals surface area contributed by atoms with Crippen LogP contribution in [0.3, 0.4) is 0 Å². The van der Waals surface area contributed by atoms with Gasteiger partial charge < -0.3 is 9.84 Å². The Bertz CT molecular complexity index is 293. The maximum Gasteiger partial charge on any atom is 0.107 e. The highest BCUT2D eigenvalue weighted by Crippen LogP contribution is 2.28. The Hall–Kier alpha value is -0.490. The van der Waals surface area contributed by atoms with Crippen LogP contribution < -0.4 is 0 Å². The lowest BCUT2D eigenvalue weighted by molar-refractivity contribution is -0.147. The summed E-state index contributed by atoms with van der Waals surface area (Å²) in [5.74, 6) is 0. The topological polar surface area (TPSA) is 45.6 Å². The number of ether oxygens (including phenoxy) is 1. The first-order valence-electron chi connectivity index (χ1n) is 5.00. The molecule has 2 rings (SSSR count). The molecule has 0 amide bonds. The van der Waals surface area contributed by atoms with Crippen molar-refractivity contribution in [3.63, 3.8) is 0 Å². The van der Waals surface area contributed by atoms with Crippen molar-refractivity contribution in [1.82, 2.24) is 9.88 Å². The lowest BCUT2D eigenvalue weighted by atomic mass is 9.86. The maximum atomic E-state index is 9.29. The van der Waals surface area contributed by atoms with Crippen molar-refractivity contribution < 1.29 is 9.84 Å². The molecule has 0 aromatic carbocycles. The fourth-order valence-corrected chi connectivity index (χ4v) is 2.51. The van der Waals surface area contributed by atoms with Gasteiger partial charge in [-0.25, -0.2) is 4.98 Å². The van der Waals surface area contributed by atoms with Gasteiger partial charge in [0.05, 0.1) is 31.8 Å². The van der Waals surface area contributed by atoms with E-state index >= 15 is 0 Å². The monoisotopic (exact) mass is 228 g/mol. The quantitative estimate of drug-likeness (QED) is 0.801. The van der Waals surface area contributed by atoms with Crippen LogP contribution in [0.2, 0.25) is 0 Å². The Morgan fingerprint density at radius 2 is 2.47 bits per heavy atom. The summed E-state index contributed by atoms with van der Waals surface area (Å²) in [5, 5.41) is 12.4. The van der Waals surface area contributed by atoms with Crippen LogP contribution in [0.25, 0.3) is 0 Å². The standard InChI is InChI=1S/C10H16N2O2S/c1-12(4-9-11-2-3-15-9)5-10(6-13)7-14-8-10/h2-3,13H,4-8H2,1H3. The van der Waals surface area contributed by atoms with E-state index in [4.69, 9.17) is 4.74 Å². The molecular weight excluding hydrogens is 212 g/mol. The summed E-state index contributed by atoms with van der Waals surface area (Å²) in [4.78, 5) is 6.43. The molecule has 1 N–H and O–H groups in total. The molecule has 0 saturated carbocycles. The molecule has 2 heterocycles. The van der Waals surface area contributed by atoms with Gasteiger partial charge in [0, 0.05) is 18.1 Å². The summed E-state index contributed by atoms with van der Waals surface area (Å²) in [7, 11) is 2.05. The van der Waals surface area contributed by atoms with E-state index in [1.165, 1.54) is 0 Å². The Morgan fingerprint density at radius 3 is 2.93 bits per heavy atom. The first-order valence-corrected chi connectivity index (χ1v) is 5.88. The molecule has 15 heavy (non-hydrogen) atoms. The number of hydrogen-bond acceptors (Lipinski definition) is 5. The predicted octanol–water partition coefficient (Wildman–Crippen LogP) is 0.584. The van der Waals surface area contributed by atoms with Crippen LogP contribution in [-0.4, -0.2) is 48.4 Å². The second-order valence-electron chi connectivity index (χ2n) is 4.25. The molecule has 0 aliphatic carbocycles. The van der Waals surface area contributed by atoms with Crippen LogP contribution in [0.15, 0.2) is 11.6 Å². The molecule has 0 spiro atoms. The van der Waals surface area contributed by atoms with E-state index in [1.807, 2.05) is 11.6 Å². The maximum absolute atomic E-state index is 9.29. The summed E-state index contributed by atoms with van der Waals surface area (Å²) in [6, 6.07) is 0. The van der Waals surface area contributed by atoms with Gasteiger partial charge in [-0.05, 0) is 7.05 Å². The van der Waals surface area contributed by atoms with Crippen LogP contribution >= 0.6 is 11.3 Å². The van der Waals surface area contributed by atoms with Crippen molar-refractivity contribution in [3.8, 4) is 0 Å². The summed E-state index contributed by atoms with van der Waals surface area (Å²) in [6.45, 7) is 3.26. The minimum atomic E-state index is -0.0357. The predicted molar refractivity (Wildman–Crippen MR) is 58.8 cm³/mol. The van der Waals surface area contributed by atoms with Gasteiger partial charge in [-0.2, -0.15) is 0 Å². The van der Waals surface area contributed by atoms with Crippen molar-refractivity contribution in [1.29, 1.82) is 0 Å².